The van der Waals surface area contributed by atoms with Gasteiger partial charge in [-0.1, -0.05) is 17.8 Å². The monoisotopic (exact) mass is 461 g/mol. The van der Waals surface area contributed by atoms with E-state index in [9.17, 15) is 24.8 Å². The lowest BCUT2D eigenvalue weighted by molar-refractivity contribution is -0.384. The maximum Gasteiger partial charge on any atom is 0.340 e. The summed E-state index contributed by atoms with van der Waals surface area (Å²) in [6.45, 7) is 0. The van der Waals surface area contributed by atoms with Crippen LogP contribution >= 0.6 is 24.0 Å². The van der Waals surface area contributed by atoms with E-state index in [1.54, 1.807) is 0 Å². The Bertz CT molecular complexity index is 1120. The Hall–Kier alpha value is -3.64. The summed E-state index contributed by atoms with van der Waals surface area (Å²) in [5.74, 6) is -1.48. The summed E-state index contributed by atoms with van der Waals surface area (Å²) in [7, 11) is 2.71. The standard InChI is InChI=1S/C19H15N3O7S2/c1-28-13-8-3-10(15(18(24)25)16(13)29-2)9-14-17(23)21(19(30)31-14)20-11-4-6-12(7-5-11)22(26)27/h3-9,20H,1-2H3,(H,24,25)/b14-9+. The van der Waals surface area contributed by atoms with Gasteiger partial charge in [0.2, 0.25) is 0 Å². The molecule has 0 bridgehead atoms. The number of thiocarbonyl (C=S) groups is 1. The molecule has 0 saturated carbocycles. The molecule has 160 valence electrons. The number of benzene rings is 2. The predicted octanol–water partition coefficient (Wildman–Crippen LogP) is 3.54. The average Bonchev–Trinajstić information content (AvgIpc) is 3.00. The van der Waals surface area contributed by atoms with Gasteiger partial charge in [0, 0.05) is 12.1 Å². The van der Waals surface area contributed by atoms with Gasteiger partial charge in [-0.25, -0.2) is 9.80 Å². The normalized spacial score (nSPS) is 14.6. The Morgan fingerprint density at radius 3 is 2.45 bits per heavy atom. The fourth-order valence-corrected chi connectivity index (χ4v) is 3.95. The Labute approximate surface area is 185 Å². The van der Waals surface area contributed by atoms with E-state index in [-0.39, 0.29) is 37.5 Å². The fourth-order valence-electron chi connectivity index (χ4n) is 2.78. The van der Waals surface area contributed by atoms with E-state index >= 15 is 0 Å². The number of hydrogen-bond acceptors (Lipinski definition) is 9. The van der Waals surface area contributed by atoms with Crippen LogP contribution in [0.15, 0.2) is 41.3 Å². The summed E-state index contributed by atoms with van der Waals surface area (Å²) >= 11 is 6.23. The van der Waals surface area contributed by atoms with Crippen molar-refractivity contribution in [1.82, 2.24) is 5.01 Å². The van der Waals surface area contributed by atoms with Gasteiger partial charge in [0.1, 0.15) is 5.56 Å². The van der Waals surface area contributed by atoms with E-state index in [0.717, 1.165) is 16.8 Å². The number of aromatic carboxylic acids is 1. The fraction of sp³-hybridized carbons (Fsp3) is 0.105. The molecule has 0 aliphatic carbocycles. The molecular weight excluding hydrogens is 446 g/mol. The maximum absolute atomic E-state index is 12.8. The van der Waals surface area contributed by atoms with Gasteiger partial charge in [-0.05, 0) is 42.1 Å². The van der Waals surface area contributed by atoms with Gasteiger partial charge in [0.15, 0.2) is 15.8 Å². The van der Waals surface area contributed by atoms with Crippen molar-refractivity contribution in [3.63, 3.8) is 0 Å². The number of carbonyl (C=O) groups excluding carboxylic acids is 1. The molecule has 1 aliphatic rings. The van der Waals surface area contributed by atoms with Crippen molar-refractivity contribution in [3.05, 3.63) is 62.5 Å². The van der Waals surface area contributed by atoms with Crippen molar-refractivity contribution in [3.8, 4) is 11.5 Å². The van der Waals surface area contributed by atoms with Crippen molar-refractivity contribution >= 4 is 57.6 Å². The van der Waals surface area contributed by atoms with Crippen molar-refractivity contribution < 1.29 is 29.1 Å². The van der Waals surface area contributed by atoms with Crippen molar-refractivity contribution in [1.29, 1.82) is 0 Å². The van der Waals surface area contributed by atoms with Crippen molar-refractivity contribution in [2.24, 2.45) is 0 Å². The number of carboxylic acid groups (broad SMARTS) is 1. The van der Waals surface area contributed by atoms with E-state index in [1.807, 2.05) is 0 Å². The van der Waals surface area contributed by atoms with Crippen LogP contribution < -0.4 is 14.9 Å². The van der Waals surface area contributed by atoms with Gasteiger partial charge < -0.3 is 14.6 Å². The first kappa shape index (κ1) is 22.1. The SMILES string of the molecule is COc1ccc(/C=C2/SC(=S)N(Nc3ccc([N+](=O)[O-])cc3)C2=O)c(C(=O)O)c1OC. The topological polar surface area (TPSA) is 131 Å². The summed E-state index contributed by atoms with van der Waals surface area (Å²) < 4.78 is 10.5. The summed E-state index contributed by atoms with van der Waals surface area (Å²) in [5, 5.41) is 21.5. The zero-order chi connectivity index (χ0) is 22.7. The second-order valence-corrected chi connectivity index (χ2v) is 7.68. The first-order valence-electron chi connectivity index (χ1n) is 8.54. The number of hydrazine groups is 1. The second-order valence-electron chi connectivity index (χ2n) is 6.00. The molecule has 1 aliphatic heterocycles. The first-order chi connectivity index (χ1) is 14.8. The van der Waals surface area contributed by atoms with Crippen LogP contribution in [0.5, 0.6) is 11.5 Å². The van der Waals surface area contributed by atoms with Gasteiger partial charge in [0.25, 0.3) is 11.6 Å². The van der Waals surface area contributed by atoms with Crippen molar-refractivity contribution in [2.75, 3.05) is 19.6 Å². The molecule has 0 radical (unpaired) electrons. The third kappa shape index (κ3) is 4.44. The van der Waals surface area contributed by atoms with Crippen LogP contribution in [-0.4, -0.2) is 45.5 Å². The number of nitro groups is 1. The van der Waals surface area contributed by atoms with Gasteiger partial charge in [0.05, 0.1) is 29.7 Å². The molecule has 2 aromatic rings. The summed E-state index contributed by atoms with van der Waals surface area (Å²) in [6.07, 6.45) is 1.40. The number of hydrogen-bond donors (Lipinski definition) is 2. The minimum Gasteiger partial charge on any atom is -0.493 e. The Morgan fingerprint density at radius 2 is 1.90 bits per heavy atom. The molecule has 1 amide bonds. The van der Waals surface area contributed by atoms with Crippen LogP contribution in [0.25, 0.3) is 6.08 Å². The third-order valence-corrected chi connectivity index (χ3v) is 5.49. The molecule has 1 saturated heterocycles. The molecule has 2 N–H and O–H groups in total. The molecule has 3 rings (SSSR count). The maximum atomic E-state index is 12.8. The Kier molecular flexibility index (Phi) is 6.42. The van der Waals surface area contributed by atoms with E-state index < -0.39 is 16.8 Å². The number of carboxylic acids is 1. The van der Waals surface area contributed by atoms with E-state index in [1.165, 1.54) is 56.7 Å². The number of thioether (sulfide) groups is 1. The molecule has 0 spiro atoms. The third-order valence-electron chi connectivity index (χ3n) is 4.19. The molecule has 1 fully saturated rings. The van der Waals surface area contributed by atoms with Crippen LogP contribution in [-0.2, 0) is 4.79 Å². The van der Waals surface area contributed by atoms with Crippen LogP contribution in [0.2, 0.25) is 0 Å². The highest BCUT2D eigenvalue weighted by atomic mass is 32.2. The number of carbonyl (C=O) groups is 2. The highest BCUT2D eigenvalue weighted by Crippen LogP contribution is 2.38. The number of methoxy groups -OCH3 is 2. The van der Waals surface area contributed by atoms with Gasteiger partial charge in [-0.2, -0.15) is 0 Å². The van der Waals surface area contributed by atoms with Gasteiger partial charge in [-0.3, -0.25) is 20.3 Å². The smallest absolute Gasteiger partial charge is 0.340 e. The minimum atomic E-state index is -1.25. The number of nitro benzene ring substituents is 1. The number of nitrogens with zero attached hydrogens (tertiary/aromatic N) is 2. The average molecular weight is 461 g/mol. The highest BCUT2D eigenvalue weighted by molar-refractivity contribution is 8.26. The largest absolute Gasteiger partial charge is 0.493 e. The van der Waals surface area contributed by atoms with Crippen LogP contribution in [0.3, 0.4) is 0 Å². The van der Waals surface area contributed by atoms with Gasteiger partial charge in [-0.15, -0.1) is 0 Å². The van der Waals surface area contributed by atoms with E-state index in [4.69, 9.17) is 21.7 Å². The minimum absolute atomic E-state index is 0.0308. The molecule has 2 aromatic carbocycles. The molecule has 10 nitrogen and oxygen atoms in total. The van der Waals surface area contributed by atoms with Crippen LogP contribution in [0.1, 0.15) is 15.9 Å². The lowest BCUT2D eigenvalue weighted by atomic mass is 10.0. The van der Waals surface area contributed by atoms with Gasteiger partial charge >= 0.3 is 5.97 Å². The number of nitrogens with one attached hydrogen (secondary N) is 1. The highest BCUT2D eigenvalue weighted by Gasteiger charge is 2.33. The summed E-state index contributed by atoms with van der Waals surface area (Å²) in [4.78, 5) is 35.1. The quantitative estimate of drug-likeness (QED) is 0.273. The molecule has 0 aromatic heterocycles. The first-order valence-corrected chi connectivity index (χ1v) is 9.76. The number of ether oxygens (including phenoxy) is 2. The number of rotatable bonds is 7. The Balaban J connectivity index is 1.91. The molecular formula is C19H15N3O7S2. The summed E-state index contributed by atoms with van der Waals surface area (Å²) in [6, 6.07) is 8.50. The number of amides is 1. The van der Waals surface area contributed by atoms with Crippen LogP contribution in [0.4, 0.5) is 11.4 Å². The number of non-ortho nitro benzene ring substituents is 1. The lowest BCUT2D eigenvalue weighted by Gasteiger charge is -2.16. The Morgan fingerprint density at radius 1 is 1.23 bits per heavy atom. The predicted molar refractivity (Wildman–Crippen MR) is 118 cm³/mol. The molecule has 1 heterocycles. The van der Waals surface area contributed by atoms with E-state index in [2.05, 4.69) is 5.43 Å². The molecule has 31 heavy (non-hydrogen) atoms. The zero-order valence-electron chi connectivity index (χ0n) is 16.1. The second kappa shape index (κ2) is 9.02. The van der Waals surface area contributed by atoms with Crippen LogP contribution in [0, 0.1) is 10.1 Å². The summed E-state index contributed by atoms with van der Waals surface area (Å²) in [5.41, 5.74) is 3.20. The number of anilines is 1. The molecule has 0 unspecified atom stereocenters. The molecule has 12 heteroatoms. The molecule has 0 atom stereocenters. The van der Waals surface area contributed by atoms with Crippen molar-refractivity contribution in [2.45, 2.75) is 0 Å². The zero-order valence-corrected chi connectivity index (χ0v) is 17.8. The van der Waals surface area contributed by atoms with E-state index in [0.29, 0.717) is 5.69 Å². The lowest BCUT2D eigenvalue weighted by Crippen LogP contribution is -2.33.